The molecule has 0 bridgehead atoms. The van der Waals surface area contributed by atoms with E-state index in [9.17, 15) is 14.4 Å². The van der Waals surface area contributed by atoms with E-state index < -0.39 is 27.4 Å². The maximum absolute atomic E-state index is 14.4. The largest absolute Gasteiger partial charge is 0.497 e. The monoisotopic (exact) mass is 540 g/mol. The van der Waals surface area contributed by atoms with Crippen molar-refractivity contribution in [3.8, 4) is 5.75 Å². The Morgan fingerprint density at radius 2 is 1.79 bits per heavy atom. The van der Waals surface area contributed by atoms with Gasteiger partial charge in [0.05, 0.1) is 30.3 Å². The van der Waals surface area contributed by atoms with E-state index in [1.807, 2.05) is 55.5 Å². The number of hydrogen-bond acceptors (Lipinski definition) is 7. The molecule has 2 saturated heterocycles. The number of rotatable bonds is 8. The highest BCUT2D eigenvalue weighted by molar-refractivity contribution is 8.02. The van der Waals surface area contributed by atoms with Crippen LogP contribution in [0.25, 0.3) is 0 Å². The van der Waals surface area contributed by atoms with Crippen LogP contribution >= 0.6 is 11.8 Å². The number of anilines is 1. The fraction of sp³-hybridized carbons (Fsp3) is 0.552. The number of thioether (sulfide) groups is 1. The number of aliphatic hydroxyl groups is 1. The highest BCUT2D eigenvalue weighted by atomic mass is 32.2. The van der Waals surface area contributed by atoms with Crippen LogP contribution in [0.5, 0.6) is 5.75 Å². The minimum Gasteiger partial charge on any atom is -0.497 e. The fourth-order valence-electron chi connectivity index (χ4n) is 6.47. The predicted octanol–water partition coefficient (Wildman–Crippen LogP) is 3.34. The summed E-state index contributed by atoms with van der Waals surface area (Å²) >= 11 is 1.56. The molecule has 2 amide bonds. The van der Waals surface area contributed by atoms with Crippen LogP contribution < -0.4 is 9.64 Å². The number of aliphatic hydroxyl groups excluding tert-OH is 1. The number of methoxy groups -OCH3 is 1. The number of carbonyl (C=O) groups excluding carboxylic acids is 3. The van der Waals surface area contributed by atoms with Gasteiger partial charge < -0.3 is 24.4 Å². The summed E-state index contributed by atoms with van der Waals surface area (Å²) in [5, 5.41) is 9.14. The summed E-state index contributed by atoms with van der Waals surface area (Å²) in [4.78, 5) is 45.4. The third-order valence-electron chi connectivity index (χ3n) is 8.21. The number of ether oxygens (including phenoxy) is 2. The molecule has 9 heteroatoms. The molecule has 1 N–H and O–H groups in total. The summed E-state index contributed by atoms with van der Waals surface area (Å²) in [6.07, 6.45) is 11.8. The van der Waals surface area contributed by atoms with Crippen molar-refractivity contribution in [3.05, 3.63) is 48.6 Å². The summed E-state index contributed by atoms with van der Waals surface area (Å²) < 4.78 is 9.34. The molecule has 2 fully saturated rings. The van der Waals surface area contributed by atoms with Crippen molar-refractivity contribution in [2.45, 2.75) is 54.6 Å². The molecule has 0 radical (unpaired) electrons. The van der Waals surface area contributed by atoms with Gasteiger partial charge in [-0.3, -0.25) is 14.4 Å². The molecular weight excluding hydrogens is 504 g/mol. The van der Waals surface area contributed by atoms with Crippen LogP contribution in [0.4, 0.5) is 5.69 Å². The number of fused-ring (bicyclic) bond motifs is 2. The minimum atomic E-state index is -0.881. The Morgan fingerprint density at radius 1 is 1.03 bits per heavy atom. The van der Waals surface area contributed by atoms with Crippen LogP contribution in [0.2, 0.25) is 0 Å². The number of unbranched alkanes of at least 4 members (excludes halogenated alkanes) is 3. The van der Waals surface area contributed by atoms with Gasteiger partial charge in [-0.1, -0.05) is 37.1 Å². The Bertz CT molecular complexity index is 1140. The molecule has 8 nitrogen and oxygen atoms in total. The minimum absolute atomic E-state index is 0.142. The van der Waals surface area contributed by atoms with Gasteiger partial charge in [-0.2, -0.15) is 0 Å². The van der Waals surface area contributed by atoms with Gasteiger partial charge in [0.25, 0.3) is 5.91 Å². The van der Waals surface area contributed by atoms with Crippen LogP contribution in [0.3, 0.4) is 0 Å². The van der Waals surface area contributed by atoms with Gasteiger partial charge in [0.2, 0.25) is 5.91 Å². The van der Waals surface area contributed by atoms with Crippen molar-refractivity contribution < 1.29 is 29.0 Å². The number of benzene rings is 1. The zero-order valence-electron chi connectivity index (χ0n) is 22.0. The lowest BCUT2D eigenvalue weighted by molar-refractivity contribution is -0.154. The van der Waals surface area contributed by atoms with E-state index in [1.165, 1.54) is 0 Å². The molecule has 0 saturated carbocycles. The summed E-state index contributed by atoms with van der Waals surface area (Å²) in [6, 6.07) is 6.61. The molecule has 4 aliphatic heterocycles. The number of amides is 2. The van der Waals surface area contributed by atoms with Gasteiger partial charge in [0.1, 0.15) is 11.8 Å². The third-order valence-corrected chi connectivity index (χ3v) is 10.0. The number of esters is 1. The number of cyclic esters (lactones) is 1. The quantitative estimate of drug-likeness (QED) is 0.307. The van der Waals surface area contributed by atoms with Crippen molar-refractivity contribution in [2.24, 2.45) is 11.8 Å². The molecule has 5 rings (SSSR count). The van der Waals surface area contributed by atoms with E-state index in [-0.39, 0.29) is 24.4 Å². The van der Waals surface area contributed by atoms with E-state index in [0.29, 0.717) is 38.3 Å². The zero-order chi connectivity index (χ0) is 26.9. The number of nitrogens with zero attached hydrogens (tertiary/aromatic N) is 2. The van der Waals surface area contributed by atoms with Crippen LogP contribution in [0, 0.1) is 11.8 Å². The van der Waals surface area contributed by atoms with Crippen molar-refractivity contribution >= 4 is 35.2 Å². The lowest BCUT2D eigenvalue weighted by Gasteiger charge is -2.37. The first-order valence-electron chi connectivity index (χ1n) is 13.5. The van der Waals surface area contributed by atoms with Gasteiger partial charge in [-0.15, -0.1) is 11.8 Å². The van der Waals surface area contributed by atoms with Gasteiger partial charge in [-0.05, 0) is 50.5 Å². The van der Waals surface area contributed by atoms with E-state index >= 15 is 0 Å². The Morgan fingerprint density at radius 3 is 2.53 bits per heavy atom. The Balaban J connectivity index is 1.55. The van der Waals surface area contributed by atoms with Gasteiger partial charge in [0, 0.05) is 30.1 Å². The van der Waals surface area contributed by atoms with Crippen molar-refractivity contribution in [3.63, 3.8) is 0 Å². The predicted molar refractivity (Wildman–Crippen MR) is 146 cm³/mol. The van der Waals surface area contributed by atoms with E-state index in [2.05, 4.69) is 0 Å². The van der Waals surface area contributed by atoms with E-state index in [1.54, 1.807) is 28.7 Å². The average Bonchev–Trinajstić information content (AvgIpc) is 3.22. The molecule has 4 aliphatic rings. The molecule has 38 heavy (non-hydrogen) atoms. The standard InChI is InChI=1S/C29H36N2O6S/c1-28-14-5-8-19-37-27(35)23(28)22-25(33)31(16-6-3-4-7-18-32)24-26(34)30(17-9-15-29(22,24)38-28)20-10-12-21(36-2)13-11-20/h5,9-15,22-24,32H,3-4,6-8,16-19H2,1-2H3/t22-,23-,24?,28+,29-/m0/s1. The average molecular weight is 541 g/mol. The highest BCUT2D eigenvalue weighted by Gasteiger charge is 2.73. The van der Waals surface area contributed by atoms with E-state index in [0.717, 1.165) is 24.9 Å². The summed E-state index contributed by atoms with van der Waals surface area (Å²) in [5.41, 5.74) is 0.732. The van der Waals surface area contributed by atoms with Crippen LogP contribution in [0.1, 0.15) is 39.0 Å². The SMILES string of the molecule is COc1ccc(N2CC=C[C@]34S[C@]5(C)C=CCCOC(=O)[C@@H]5[C@H]3C(=O)N(CCCCCCO)C4C2=O)cc1. The normalized spacial score (nSPS) is 32.3. The fourth-order valence-corrected chi connectivity index (χ4v) is 8.62. The first-order chi connectivity index (χ1) is 18.4. The molecule has 1 aromatic carbocycles. The summed E-state index contributed by atoms with van der Waals surface area (Å²) in [5.74, 6) is -1.33. The van der Waals surface area contributed by atoms with E-state index in [4.69, 9.17) is 14.6 Å². The van der Waals surface area contributed by atoms with Crippen molar-refractivity contribution in [2.75, 3.05) is 38.3 Å². The smallest absolute Gasteiger partial charge is 0.311 e. The first-order valence-corrected chi connectivity index (χ1v) is 14.3. The molecule has 4 heterocycles. The second-order valence-electron chi connectivity index (χ2n) is 10.6. The molecule has 5 atom stereocenters. The van der Waals surface area contributed by atoms with Gasteiger partial charge in [0.15, 0.2) is 0 Å². The van der Waals surface area contributed by atoms with Gasteiger partial charge in [-0.25, -0.2) is 0 Å². The van der Waals surface area contributed by atoms with Crippen molar-refractivity contribution in [1.29, 1.82) is 0 Å². The van der Waals surface area contributed by atoms with Crippen LogP contribution in [0.15, 0.2) is 48.6 Å². The number of likely N-dealkylation sites (tertiary alicyclic amines) is 1. The maximum atomic E-state index is 14.4. The molecule has 1 spiro atoms. The van der Waals surface area contributed by atoms with Crippen LogP contribution in [-0.2, 0) is 19.1 Å². The molecule has 1 unspecified atom stereocenters. The van der Waals surface area contributed by atoms with Crippen LogP contribution in [-0.4, -0.2) is 76.7 Å². The second kappa shape index (κ2) is 10.8. The highest BCUT2D eigenvalue weighted by Crippen LogP contribution is 2.65. The zero-order valence-corrected chi connectivity index (χ0v) is 22.8. The summed E-state index contributed by atoms with van der Waals surface area (Å²) in [7, 11) is 1.60. The molecular formula is C29H36N2O6S. The summed E-state index contributed by atoms with van der Waals surface area (Å²) in [6.45, 7) is 3.23. The second-order valence-corrected chi connectivity index (χ2v) is 12.4. The Kier molecular flexibility index (Phi) is 7.60. The lowest BCUT2D eigenvalue weighted by atomic mass is 9.74. The molecule has 0 aliphatic carbocycles. The van der Waals surface area contributed by atoms with Crippen molar-refractivity contribution in [1.82, 2.24) is 4.90 Å². The first kappa shape index (κ1) is 26.8. The number of hydrogen-bond donors (Lipinski definition) is 1. The Hall–Kier alpha value is -2.78. The lowest BCUT2D eigenvalue weighted by Crippen LogP contribution is -2.53. The number of carbonyl (C=O) groups is 3. The molecule has 0 aromatic heterocycles. The van der Waals surface area contributed by atoms with Gasteiger partial charge >= 0.3 is 5.97 Å². The maximum Gasteiger partial charge on any atom is 0.311 e. The molecule has 204 valence electrons. The third kappa shape index (κ3) is 4.43. The molecule has 1 aromatic rings. The Labute approximate surface area is 228 Å². The topological polar surface area (TPSA) is 96.4 Å².